The summed E-state index contributed by atoms with van der Waals surface area (Å²) in [4.78, 5) is 12.2. The number of anilines is 1. The van der Waals surface area contributed by atoms with Crippen molar-refractivity contribution in [1.29, 1.82) is 0 Å². The van der Waals surface area contributed by atoms with Crippen LogP contribution in [0.2, 0.25) is 0 Å². The lowest BCUT2D eigenvalue weighted by atomic mass is 10.0. The first-order valence-corrected chi connectivity index (χ1v) is 10.8. The van der Waals surface area contributed by atoms with Crippen LogP contribution in [0.3, 0.4) is 0 Å². The van der Waals surface area contributed by atoms with E-state index in [4.69, 9.17) is 0 Å². The van der Waals surface area contributed by atoms with Gasteiger partial charge < -0.3 is 5.32 Å². The number of carbonyl (C=O) groups is 1. The minimum absolute atomic E-state index is 0.0505. The lowest BCUT2D eigenvalue weighted by Crippen LogP contribution is -2.37. The number of piperidine rings is 1. The van der Waals surface area contributed by atoms with Gasteiger partial charge in [0.05, 0.1) is 5.75 Å². The van der Waals surface area contributed by atoms with Crippen molar-refractivity contribution in [3.63, 3.8) is 0 Å². The minimum Gasteiger partial charge on any atom is -0.326 e. The molecule has 1 aliphatic heterocycles. The van der Waals surface area contributed by atoms with Crippen LogP contribution >= 0.6 is 0 Å². The number of hydrogen-bond acceptors (Lipinski definition) is 3. The molecule has 1 fully saturated rings. The van der Waals surface area contributed by atoms with Crippen LogP contribution in [-0.4, -0.2) is 37.5 Å². The fraction of sp³-hybridized carbons (Fsp3) is 0.632. The molecule has 1 aromatic rings. The van der Waals surface area contributed by atoms with E-state index in [0.717, 1.165) is 36.1 Å². The SMILES string of the molecule is Cc1cc(C)c(NC(=O)CCCCS(=O)(=O)N2CCCCC2)c(C)c1. The molecule has 0 atom stereocenters. The maximum absolute atomic E-state index is 12.3. The highest BCUT2D eigenvalue weighted by Crippen LogP contribution is 2.22. The number of amides is 1. The Balaban J connectivity index is 1.77. The molecule has 2 rings (SSSR count). The van der Waals surface area contributed by atoms with E-state index in [1.165, 1.54) is 5.56 Å². The third-order valence-electron chi connectivity index (χ3n) is 4.71. The topological polar surface area (TPSA) is 66.5 Å². The standard InChI is InChI=1S/C19H30N2O3S/c1-15-13-16(2)19(17(3)14-15)20-18(22)9-5-8-12-25(23,24)21-10-6-4-7-11-21/h13-14H,4-12H2,1-3H3,(H,20,22). The average molecular weight is 367 g/mol. The highest BCUT2D eigenvalue weighted by atomic mass is 32.2. The second-order valence-corrected chi connectivity index (χ2v) is 9.14. The molecule has 0 saturated carbocycles. The van der Waals surface area contributed by atoms with Gasteiger partial charge >= 0.3 is 0 Å². The highest BCUT2D eigenvalue weighted by molar-refractivity contribution is 7.89. The van der Waals surface area contributed by atoms with E-state index in [9.17, 15) is 13.2 Å². The zero-order chi connectivity index (χ0) is 18.4. The van der Waals surface area contributed by atoms with Gasteiger partial charge in [-0.2, -0.15) is 0 Å². The monoisotopic (exact) mass is 366 g/mol. The van der Waals surface area contributed by atoms with E-state index in [0.29, 0.717) is 32.4 Å². The number of aryl methyl sites for hydroxylation is 3. The second-order valence-electron chi connectivity index (χ2n) is 7.05. The summed E-state index contributed by atoms with van der Waals surface area (Å²) in [5, 5.41) is 2.97. The predicted molar refractivity (Wildman–Crippen MR) is 102 cm³/mol. The molecule has 0 bridgehead atoms. The molecule has 5 nitrogen and oxygen atoms in total. The zero-order valence-corrected chi connectivity index (χ0v) is 16.4. The first-order chi connectivity index (χ1) is 11.8. The second kappa shape index (κ2) is 8.81. The molecule has 1 heterocycles. The van der Waals surface area contributed by atoms with Crippen molar-refractivity contribution < 1.29 is 13.2 Å². The predicted octanol–water partition coefficient (Wildman–Crippen LogP) is 3.54. The number of carbonyl (C=O) groups excluding carboxylic acids is 1. The van der Waals surface area contributed by atoms with Crippen molar-refractivity contribution in [2.45, 2.75) is 59.3 Å². The fourth-order valence-corrected chi connectivity index (χ4v) is 5.06. The van der Waals surface area contributed by atoms with E-state index in [1.54, 1.807) is 4.31 Å². The zero-order valence-electron chi connectivity index (χ0n) is 15.6. The van der Waals surface area contributed by atoms with Crippen LogP contribution in [0.15, 0.2) is 12.1 Å². The smallest absolute Gasteiger partial charge is 0.224 e. The summed E-state index contributed by atoms with van der Waals surface area (Å²) in [5.41, 5.74) is 4.16. The summed E-state index contributed by atoms with van der Waals surface area (Å²) >= 11 is 0. The van der Waals surface area contributed by atoms with Gasteiger partial charge in [0.1, 0.15) is 0 Å². The van der Waals surface area contributed by atoms with Gasteiger partial charge in [0.15, 0.2) is 0 Å². The Kier molecular flexibility index (Phi) is 7.02. The maximum atomic E-state index is 12.3. The molecule has 0 aliphatic carbocycles. The van der Waals surface area contributed by atoms with Crippen LogP contribution in [0, 0.1) is 20.8 Å². The fourth-order valence-electron chi connectivity index (χ4n) is 3.42. The Labute approximate surface area is 151 Å². The lowest BCUT2D eigenvalue weighted by Gasteiger charge is -2.25. The average Bonchev–Trinajstić information content (AvgIpc) is 2.56. The summed E-state index contributed by atoms with van der Waals surface area (Å²) in [7, 11) is -3.16. The molecule has 140 valence electrons. The van der Waals surface area contributed by atoms with Gasteiger partial charge in [-0.1, -0.05) is 24.1 Å². The van der Waals surface area contributed by atoms with Gasteiger partial charge in [-0.25, -0.2) is 12.7 Å². The van der Waals surface area contributed by atoms with Crippen LogP contribution in [0.25, 0.3) is 0 Å². The number of benzene rings is 1. The van der Waals surface area contributed by atoms with Crippen molar-refractivity contribution in [3.8, 4) is 0 Å². The Morgan fingerprint density at radius 2 is 1.64 bits per heavy atom. The largest absolute Gasteiger partial charge is 0.326 e. The Morgan fingerprint density at radius 3 is 2.24 bits per heavy atom. The van der Waals surface area contributed by atoms with E-state index in [2.05, 4.69) is 5.32 Å². The summed E-state index contributed by atoms with van der Waals surface area (Å²) in [6, 6.07) is 4.10. The molecule has 6 heteroatoms. The number of hydrogen-bond donors (Lipinski definition) is 1. The van der Waals surface area contributed by atoms with Crippen LogP contribution in [-0.2, 0) is 14.8 Å². The van der Waals surface area contributed by atoms with Crippen LogP contribution < -0.4 is 5.32 Å². The lowest BCUT2D eigenvalue weighted by molar-refractivity contribution is -0.116. The van der Waals surface area contributed by atoms with Crippen molar-refractivity contribution in [1.82, 2.24) is 4.31 Å². The Morgan fingerprint density at radius 1 is 1.04 bits per heavy atom. The number of sulfonamides is 1. The third-order valence-corrected chi connectivity index (χ3v) is 6.66. The molecular weight excluding hydrogens is 336 g/mol. The van der Waals surface area contributed by atoms with Crippen molar-refractivity contribution in [2.75, 3.05) is 24.2 Å². The minimum atomic E-state index is -3.16. The molecule has 1 N–H and O–H groups in total. The third kappa shape index (κ3) is 5.82. The number of unbranched alkanes of at least 4 members (excludes halogenated alkanes) is 1. The number of rotatable bonds is 7. The normalized spacial score (nSPS) is 16.0. The van der Waals surface area contributed by atoms with Crippen LogP contribution in [0.1, 0.15) is 55.2 Å². The van der Waals surface area contributed by atoms with Gasteiger partial charge in [-0.15, -0.1) is 0 Å². The van der Waals surface area contributed by atoms with E-state index in [-0.39, 0.29) is 11.7 Å². The Hall–Kier alpha value is -1.40. The van der Waals surface area contributed by atoms with Crippen molar-refractivity contribution in [2.24, 2.45) is 0 Å². The number of nitrogens with one attached hydrogen (secondary N) is 1. The van der Waals surface area contributed by atoms with Gasteiger partial charge in [-0.05, 0) is 57.6 Å². The first kappa shape index (κ1) is 19.9. The van der Waals surface area contributed by atoms with E-state index in [1.807, 2.05) is 32.9 Å². The van der Waals surface area contributed by atoms with E-state index < -0.39 is 10.0 Å². The van der Waals surface area contributed by atoms with Crippen molar-refractivity contribution in [3.05, 3.63) is 28.8 Å². The molecule has 1 amide bonds. The summed E-state index contributed by atoms with van der Waals surface area (Å²) < 4.78 is 26.1. The van der Waals surface area contributed by atoms with Crippen LogP contribution in [0.4, 0.5) is 5.69 Å². The summed E-state index contributed by atoms with van der Waals surface area (Å²) in [6.45, 7) is 7.31. The molecule has 1 saturated heterocycles. The molecule has 25 heavy (non-hydrogen) atoms. The summed E-state index contributed by atoms with van der Waals surface area (Å²) in [6.07, 6.45) is 4.49. The first-order valence-electron chi connectivity index (χ1n) is 9.15. The molecular formula is C19H30N2O3S. The molecule has 0 radical (unpaired) electrons. The molecule has 0 aromatic heterocycles. The van der Waals surface area contributed by atoms with Gasteiger partial charge in [0.2, 0.25) is 15.9 Å². The highest BCUT2D eigenvalue weighted by Gasteiger charge is 2.23. The molecule has 1 aliphatic rings. The Bertz CT molecular complexity index is 684. The number of nitrogens with zero attached hydrogens (tertiary/aromatic N) is 1. The van der Waals surface area contributed by atoms with Crippen LogP contribution in [0.5, 0.6) is 0 Å². The van der Waals surface area contributed by atoms with Crippen molar-refractivity contribution >= 4 is 21.6 Å². The molecule has 0 spiro atoms. The molecule has 1 aromatic carbocycles. The van der Waals surface area contributed by atoms with Gasteiger partial charge in [0, 0.05) is 25.2 Å². The maximum Gasteiger partial charge on any atom is 0.224 e. The van der Waals surface area contributed by atoms with Gasteiger partial charge in [0.25, 0.3) is 0 Å². The molecule has 0 unspecified atom stereocenters. The van der Waals surface area contributed by atoms with E-state index >= 15 is 0 Å². The van der Waals surface area contributed by atoms with Gasteiger partial charge in [-0.3, -0.25) is 4.79 Å². The summed E-state index contributed by atoms with van der Waals surface area (Å²) in [5.74, 6) is 0.0912. The quantitative estimate of drug-likeness (QED) is 0.751.